The third-order valence-electron chi connectivity index (χ3n) is 3.56. The summed E-state index contributed by atoms with van der Waals surface area (Å²) in [5, 5.41) is 10.4. The summed E-state index contributed by atoms with van der Waals surface area (Å²) in [6, 6.07) is 4.44. The number of rotatable bonds is 2. The van der Waals surface area contributed by atoms with Crippen molar-refractivity contribution < 1.29 is 9.50 Å². The lowest BCUT2D eigenvalue weighted by Gasteiger charge is -2.39. The van der Waals surface area contributed by atoms with Gasteiger partial charge in [0.15, 0.2) is 5.17 Å². The molecule has 6 heteroatoms. The molecule has 0 fully saturated rings. The van der Waals surface area contributed by atoms with E-state index in [1.54, 1.807) is 19.9 Å². The molecule has 1 heterocycles. The minimum atomic E-state index is -0.927. The number of amidine groups is 1. The Balaban J connectivity index is 2.48. The zero-order valence-corrected chi connectivity index (χ0v) is 12.7. The Morgan fingerprint density at radius 2 is 2.10 bits per heavy atom. The Kier molecular flexibility index (Phi) is 3.73. The molecule has 0 aliphatic carbocycles. The summed E-state index contributed by atoms with van der Waals surface area (Å²) in [6.07, 6.45) is 0.488. The van der Waals surface area contributed by atoms with Gasteiger partial charge in [0.25, 0.3) is 0 Å². The van der Waals surface area contributed by atoms with Gasteiger partial charge in [-0.3, -0.25) is 4.99 Å². The first-order chi connectivity index (χ1) is 9.12. The van der Waals surface area contributed by atoms with E-state index in [1.807, 2.05) is 6.92 Å². The molecule has 0 spiro atoms. The molecule has 1 aromatic carbocycles. The quantitative estimate of drug-likeness (QED) is 0.731. The molecule has 5 N–H and O–H groups in total. The fraction of sp³-hybridized carbons (Fsp3) is 0.500. The number of benzene rings is 1. The van der Waals surface area contributed by atoms with Crippen molar-refractivity contribution in [2.24, 2.45) is 10.7 Å². The Bertz CT molecular complexity index is 556. The Labute approximate surface area is 122 Å². The molecule has 2 atom stereocenters. The molecule has 1 unspecified atom stereocenters. The molecule has 4 nitrogen and oxygen atoms in total. The second-order valence-electron chi connectivity index (χ2n) is 5.93. The highest BCUT2D eigenvalue weighted by molar-refractivity contribution is 8.14. The van der Waals surface area contributed by atoms with E-state index >= 15 is 0 Å². The first kappa shape index (κ1) is 15.1. The summed E-state index contributed by atoms with van der Waals surface area (Å²) in [7, 11) is 0. The second-order valence-corrected chi connectivity index (χ2v) is 7.15. The molecule has 0 amide bonds. The van der Waals surface area contributed by atoms with Gasteiger partial charge in [-0.05, 0) is 45.4 Å². The minimum Gasteiger partial charge on any atom is -0.399 e. The highest BCUT2D eigenvalue weighted by Gasteiger charge is 2.42. The largest absolute Gasteiger partial charge is 0.399 e. The fourth-order valence-corrected chi connectivity index (χ4v) is 3.63. The van der Waals surface area contributed by atoms with Crippen LogP contribution in [0.3, 0.4) is 0 Å². The molecule has 1 aliphatic heterocycles. The summed E-state index contributed by atoms with van der Waals surface area (Å²) in [4.78, 5) is 4.40. The molecule has 0 aromatic heterocycles. The Morgan fingerprint density at radius 1 is 1.45 bits per heavy atom. The van der Waals surface area contributed by atoms with E-state index < -0.39 is 11.1 Å². The molecule has 0 radical (unpaired) electrons. The average molecular weight is 297 g/mol. The van der Waals surface area contributed by atoms with Crippen molar-refractivity contribution in [1.82, 2.24) is 0 Å². The zero-order valence-electron chi connectivity index (χ0n) is 11.9. The number of anilines is 1. The number of aliphatic hydroxyl groups is 1. The van der Waals surface area contributed by atoms with E-state index in [0.717, 1.165) is 0 Å². The van der Waals surface area contributed by atoms with Crippen molar-refractivity contribution in [3.8, 4) is 0 Å². The monoisotopic (exact) mass is 297 g/mol. The third-order valence-corrected chi connectivity index (χ3v) is 4.92. The fourth-order valence-electron chi connectivity index (χ4n) is 2.38. The van der Waals surface area contributed by atoms with E-state index in [0.29, 0.717) is 22.8 Å². The molecule has 0 saturated heterocycles. The summed E-state index contributed by atoms with van der Waals surface area (Å²) < 4.78 is 14.1. The molecule has 110 valence electrons. The van der Waals surface area contributed by atoms with Gasteiger partial charge in [-0.25, -0.2) is 4.39 Å². The Hall–Kier alpha value is -1.27. The number of nitrogens with zero attached hydrogens (tertiary/aromatic N) is 1. The third kappa shape index (κ3) is 2.91. The van der Waals surface area contributed by atoms with Gasteiger partial charge in [-0.15, -0.1) is 0 Å². The number of thioether (sulfide) groups is 1. The summed E-state index contributed by atoms with van der Waals surface area (Å²) in [6.45, 7) is 5.26. The number of aliphatic imine (C=N–C) groups is 1. The topological polar surface area (TPSA) is 84.6 Å². The van der Waals surface area contributed by atoms with Crippen LogP contribution >= 0.6 is 11.8 Å². The van der Waals surface area contributed by atoms with E-state index in [9.17, 15) is 9.50 Å². The highest BCUT2D eigenvalue weighted by Crippen LogP contribution is 2.43. The maximum absolute atomic E-state index is 14.1. The van der Waals surface area contributed by atoms with Crippen LogP contribution in [-0.2, 0) is 5.54 Å². The first-order valence-corrected chi connectivity index (χ1v) is 7.30. The lowest BCUT2D eigenvalue weighted by Crippen LogP contribution is -2.44. The number of hydrogen-bond acceptors (Lipinski definition) is 5. The SMILES string of the molecule is CC(C)(O)C1C[C@@](C)(c2cc(N)ccc2F)N=C(N)S1. The highest BCUT2D eigenvalue weighted by atomic mass is 32.2. The molecular formula is C14H20FN3OS. The summed E-state index contributed by atoms with van der Waals surface area (Å²) in [5.41, 5.74) is 10.8. The predicted molar refractivity (Wildman–Crippen MR) is 82.1 cm³/mol. The molecule has 0 bridgehead atoms. The van der Waals surface area contributed by atoms with Crippen LogP contribution in [0.15, 0.2) is 23.2 Å². The van der Waals surface area contributed by atoms with E-state index in [1.165, 1.54) is 23.9 Å². The molecule has 2 rings (SSSR count). The maximum Gasteiger partial charge on any atom is 0.155 e. The van der Waals surface area contributed by atoms with Crippen molar-refractivity contribution >= 4 is 22.6 Å². The zero-order chi connectivity index (χ0) is 15.1. The lowest BCUT2D eigenvalue weighted by molar-refractivity contribution is 0.0683. The van der Waals surface area contributed by atoms with Crippen LogP contribution in [-0.4, -0.2) is 21.1 Å². The van der Waals surface area contributed by atoms with Gasteiger partial charge in [0.05, 0.1) is 11.1 Å². The molecule has 20 heavy (non-hydrogen) atoms. The lowest BCUT2D eigenvalue weighted by atomic mass is 9.83. The predicted octanol–water partition coefficient (Wildman–Crippen LogP) is 2.21. The van der Waals surface area contributed by atoms with Crippen LogP contribution < -0.4 is 11.5 Å². The van der Waals surface area contributed by atoms with Gasteiger partial charge < -0.3 is 16.6 Å². The molecule has 0 saturated carbocycles. The standard InChI is InChI=1S/C14H20FN3OS/c1-13(2,19)11-7-14(3,18-12(17)20-11)9-6-8(16)4-5-10(9)15/h4-6,11,19H,7,16H2,1-3H3,(H2,17,18)/t11?,14-/m0/s1. The smallest absolute Gasteiger partial charge is 0.155 e. The number of hydrogen-bond donors (Lipinski definition) is 3. The first-order valence-electron chi connectivity index (χ1n) is 6.42. The van der Waals surface area contributed by atoms with Crippen molar-refractivity contribution in [2.45, 2.75) is 43.6 Å². The summed E-state index contributed by atoms with van der Waals surface area (Å²) in [5.74, 6) is -0.361. The average Bonchev–Trinajstić information content (AvgIpc) is 2.30. The second kappa shape index (κ2) is 4.93. The maximum atomic E-state index is 14.1. The van der Waals surface area contributed by atoms with Gasteiger partial charge >= 0.3 is 0 Å². The number of halogens is 1. The van der Waals surface area contributed by atoms with Gasteiger partial charge in [0.1, 0.15) is 5.82 Å². The minimum absolute atomic E-state index is 0.161. The van der Waals surface area contributed by atoms with E-state index in [4.69, 9.17) is 11.5 Å². The van der Waals surface area contributed by atoms with Crippen LogP contribution in [0, 0.1) is 5.82 Å². The molecule has 1 aromatic rings. The van der Waals surface area contributed by atoms with E-state index in [-0.39, 0.29) is 11.1 Å². The molecule has 1 aliphatic rings. The molecular weight excluding hydrogens is 277 g/mol. The normalized spacial score (nSPS) is 27.2. The van der Waals surface area contributed by atoms with Crippen LogP contribution in [0.25, 0.3) is 0 Å². The number of nitrogens with two attached hydrogens (primary N) is 2. The van der Waals surface area contributed by atoms with Crippen LogP contribution in [0.5, 0.6) is 0 Å². The van der Waals surface area contributed by atoms with Crippen molar-refractivity contribution in [3.05, 3.63) is 29.6 Å². The van der Waals surface area contributed by atoms with Gasteiger partial charge in [0.2, 0.25) is 0 Å². The van der Waals surface area contributed by atoms with Crippen LogP contribution in [0.4, 0.5) is 10.1 Å². The van der Waals surface area contributed by atoms with Crippen molar-refractivity contribution in [1.29, 1.82) is 0 Å². The van der Waals surface area contributed by atoms with Crippen molar-refractivity contribution in [2.75, 3.05) is 5.73 Å². The van der Waals surface area contributed by atoms with E-state index in [2.05, 4.69) is 4.99 Å². The summed E-state index contributed by atoms with van der Waals surface area (Å²) >= 11 is 1.32. The Morgan fingerprint density at radius 3 is 2.70 bits per heavy atom. The van der Waals surface area contributed by atoms with Gasteiger partial charge in [-0.1, -0.05) is 11.8 Å². The van der Waals surface area contributed by atoms with Crippen molar-refractivity contribution in [3.63, 3.8) is 0 Å². The van der Waals surface area contributed by atoms with Gasteiger partial charge in [0, 0.05) is 16.5 Å². The number of nitrogen functional groups attached to an aromatic ring is 1. The van der Waals surface area contributed by atoms with Crippen LogP contribution in [0.1, 0.15) is 32.8 Å². The van der Waals surface area contributed by atoms with Crippen LogP contribution in [0.2, 0.25) is 0 Å². The van der Waals surface area contributed by atoms with Gasteiger partial charge in [-0.2, -0.15) is 0 Å².